The molecule has 1 aromatic carbocycles. The number of rotatable bonds is 6. The van der Waals surface area contributed by atoms with Gasteiger partial charge >= 0.3 is 0 Å². The number of anilines is 1. The first-order chi connectivity index (χ1) is 10.7. The largest absolute Gasteiger partial charge is 0.484 e. The van der Waals surface area contributed by atoms with Crippen molar-refractivity contribution < 1.29 is 14.3 Å². The molecule has 1 aromatic rings. The Labute approximate surface area is 130 Å². The summed E-state index contributed by atoms with van der Waals surface area (Å²) in [6.07, 6.45) is 1.75. The Morgan fingerprint density at radius 2 is 1.91 bits per heavy atom. The summed E-state index contributed by atoms with van der Waals surface area (Å²) in [4.78, 5) is 23.4. The zero-order valence-electron chi connectivity index (χ0n) is 12.9. The van der Waals surface area contributed by atoms with E-state index in [2.05, 4.69) is 16.0 Å². The summed E-state index contributed by atoms with van der Waals surface area (Å²) in [5.41, 5.74) is 0.744. The maximum absolute atomic E-state index is 12.1. The zero-order valence-corrected chi connectivity index (χ0v) is 12.9. The number of piperidine rings is 1. The molecule has 6 heteroatoms. The van der Waals surface area contributed by atoms with E-state index < -0.39 is 0 Å². The molecule has 6 nitrogen and oxygen atoms in total. The minimum atomic E-state index is -0.147. The van der Waals surface area contributed by atoms with Gasteiger partial charge in [0, 0.05) is 18.2 Å². The van der Waals surface area contributed by atoms with Gasteiger partial charge < -0.3 is 20.7 Å². The van der Waals surface area contributed by atoms with Crippen molar-refractivity contribution in [2.24, 2.45) is 5.92 Å². The van der Waals surface area contributed by atoms with E-state index in [1.807, 2.05) is 6.92 Å². The maximum Gasteiger partial charge on any atom is 0.257 e. The van der Waals surface area contributed by atoms with Crippen LogP contribution in [0.2, 0.25) is 0 Å². The van der Waals surface area contributed by atoms with Crippen molar-refractivity contribution in [3.05, 3.63) is 24.3 Å². The van der Waals surface area contributed by atoms with Crippen LogP contribution in [0.1, 0.15) is 19.8 Å². The molecule has 0 spiro atoms. The molecule has 1 fully saturated rings. The molecular formula is C16H23N3O3. The fourth-order valence-electron chi connectivity index (χ4n) is 2.36. The molecule has 0 bridgehead atoms. The van der Waals surface area contributed by atoms with Crippen LogP contribution in [0.4, 0.5) is 5.69 Å². The standard InChI is InChI=1S/C16H23N3O3/c1-2-18-15(20)11-22-14-5-3-13(4-6-14)19-16(21)12-7-9-17-10-8-12/h3-6,12,17H,2,7-11H2,1H3,(H,18,20)(H,19,21). The van der Waals surface area contributed by atoms with Crippen molar-refractivity contribution in [3.8, 4) is 5.75 Å². The zero-order chi connectivity index (χ0) is 15.8. The molecule has 2 amide bonds. The molecule has 22 heavy (non-hydrogen) atoms. The first-order valence-corrected chi connectivity index (χ1v) is 7.70. The molecule has 0 radical (unpaired) electrons. The molecular weight excluding hydrogens is 282 g/mol. The quantitative estimate of drug-likeness (QED) is 0.736. The average molecular weight is 305 g/mol. The smallest absolute Gasteiger partial charge is 0.257 e. The highest BCUT2D eigenvalue weighted by molar-refractivity contribution is 5.92. The Kier molecular flexibility index (Phi) is 6.21. The number of hydrogen-bond acceptors (Lipinski definition) is 4. The fourth-order valence-corrected chi connectivity index (χ4v) is 2.36. The normalized spacial score (nSPS) is 15.1. The minimum Gasteiger partial charge on any atom is -0.484 e. The molecule has 1 aliphatic rings. The lowest BCUT2D eigenvalue weighted by molar-refractivity contribution is -0.123. The van der Waals surface area contributed by atoms with Gasteiger partial charge in [0.15, 0.2) is 6.61 Å². The van der Waals surface area contributed by atoms with Crippen LogP contribution >= 0.6 is 0 Å². The van der Waals surface area contributed by atoms with Crippen LogP contribution < -0.4 is 20.7 Å². The molecule has 0 saturated carbocycles. The second-order valence-corrected chi connectivity index (χ2v) is 5.28. The second-order valence-electron chi connectivity index (χ2n) is 5.28. The van der Waals surface area contributed by atoms with Gasteiger partial charge in [-0.15, -0.1) is 0 Å². The SMILES string of the molecule is CCNC(=O)COc1ccc(NC(=O)C2CCNCC2)cc1. The third kappa shape index (κ3) is 5.04. The summed E-state index contributed by atoms with van der Waals surface area (Å²) in [6.45, 7) is 4.23. The van der Waals surface area contributed by atoms with E-state index in [1.165, 1.54) is 0 Å². The fraction of sp³-hybridized carbons (Fsp3) is 0.500. The van der Waals surface area contributed by atoms with Gasteiger partial charge in [-0.3, -0.25) is 9.59 Å². The van der Waals surface area contributed by atoms with Crippen molar-refractivity contribution in [2.45, 2.75) is 19.8 Å². The van der Waals surface area contributed by atoms with Crippen LogP contribution in [-0.4, -0.2) is 38.1 Å². The van der Waals surface area contributed by atoms with Gasteiger partial charge in [0.1, 0.15) is 5.75 Å². The van der Waals surface area contributed by atoms with Gasteiger partial charge in [0.25, 0.3) is 5.91 Å². The average Bonchev–Trinajstić information content (AvgIpc) is 2.55. The van der Waals surface area contributed by atoms with Crippen molar-refractivity contribution in [3.63, 3.8) is 0 Å². The van der Waals surface area contributed by atoms with E-state index in [1.54, 1.807) is 24.3 Å². The summed E-state index contributed by atoms with van der Waals surface area (Å²) in [5.74, 6) is 0.601. The Morgan fingerprint density at radius 1 is 1.23 bits per heavy atom. The molecule has 0 aromatic heterocycles. The molecule has 0 atom stereocenters. The lowest BCUT2D eigenvalue weighted by Crippen LogP contribution is -2.34. The number of likely N-dealkylation sites (N-methyl/N-ethyl adjacent to an activating group) is 1. The van der Waals surface area contributed by atoms with E-state index in [0.717, 1.165) is 31.6 Å². The Bertz CT molecular complexity index is 496. The van der Waals surface area contributed by atoms with Gasteiger partial charge in [-0.05, 0) is 57.1 Å². The van der Waals surface area contributed by atoms with Gasteiger partial charge in [-0.2, -0.15) is 0 Å². The Hall–Kier alpha value is -2.08. The highest BCUT2D eigenvalue weighted by Gasteiger charge is 2.20. The van der Waals surface area contributed by atoms with Gasteiger partial charge in [0.05, 0.1) is 0 Å². The maximum atomic E-state index is 12.1. The van der Waals surface area contributed by atoms with Crippen LogP contribution in [0.15, 0.2) is 24.3 Å². The second kappa shape index (κ2) is 8.38. The van der Waals surface area contributed by atoms with E-state index in [-0.39, 0.29) is 24.3 Å². The Balaban J connectivity index is 1.81. The summed E-state index contributed by atoms with van der Waals surface area (Å²) in [5, 5.41) is 8.83. The number of carbonyl (C=O) groups is 2. The molecule has 1 aliphatic heterocycles. The summed E-state index contributed by atoms with van der Waals surface area (Å²) >= 11 is 0. The number of benzene rings is 1. The van der Waals surface area contributed by atoms with Crippen LogP contribution in [-0.2, 0) is 9.59 Å². The highest BCUT2D eigenvalue weighted by atomic mass is 16.5. The topological polar surface area (TPSA) is 79.5 Å². The van der Waals surface area contributed by atoms with Gasteiger partial charge in [0.2, 0.25) is 5.91 Å². The highest BCUT2D eigenvalue weighted by Crippen LogP contribution is 2.18. The molecule has 1 saturated heterocycles. The van der Waals surface area contributed by atoms with Crippen molar-refractivity contribution in [1.82, 2.24) is 10.6 Å². The van der Waals surface area contributed by atoms with Crippen LogP contribution in [0, 0.1) is 5.92 Å². The predicted octanol–water partition coefficient (Wildman–Crippen LogP) is 1.14. The lowest BCUT2D eigenvalue weighted by atomic mass is 9.97. The van der Waals surface area contributed by atoms with Crippen molar-refractivity contribution in [2.75, 3.05) is 31.6 Å². The van der Waals surface area contributed by atoms with E-state index in [0.29, 0.717) is 12.3 Å². The van der Waals surface area contributed by atoms with Crippen molar-refractivity contribution in [1.29, 1.82) is 0 Å². The molecule has 2 rings (SSSR count). The predicted molar refractivity (Wildman–Crippen MR) is 84.8 cm³/mol. The molecule has 3 N–H and O–H groups in total. The lowest BCUT2D eigenvalue weighted by Gasteiger charge is -2.21. The minimum absolute atomic E-state index is 0.00534. The van der Waals surface area contributed by atoms with E-state index in [9.17, 15) is 9.59 Å². The van der Waals surface area contributed by atoms with E-state index >= 15 is 0 Å². The number of amides is 2. The van der Waals surface area contributed by atoms with E-state index in [4.69, 9.17) is 4.74 Å². The van der Waals surface area contributed by atoms with Crippen molar-refractivity contribution >= 4 is 17.5 Å². The third-order valence-corrected chi connectivity index (χ3v) is 3.58. The number of hydrogen-bond donors (Lipinski definition) is 3. The molecule has 1 heterocycles. The monoisotopic (exact) mass is 305 g/mol. The number of nitrogens with one attached hydrogen (secondary N) is 3. The summed E-state index contributed by atoms with van der Waals surface area (Å²) < 4.78 is 5.36. The first-order valence-electron chi connectivity index (χ1n) is 7.70. The number of ether oxygens (including phenoxy) is 1. The van der Waals surface area contributed by atoms with Gasteiger partial charge in [-0.1, -0.05) is 0 Å². The van der Waals surface area contributed by atoms with Crippen LogP contribution in [0.25, 0.3) is 0 Å². The van der Waals surface area contributed by atoms with Gasteiger partial charge in [-0.25, -0.2) is 0 Å². The van der Waals surface area contributed by atoms with Crippen LogP contribution in [0.3, 0.4) is 0 Å². The summed E-state index contributed by atoms with van der Waals surface area (Å²) in [6, 6.07) is 7.06. The summed E-state index contributed by atoms with van der Waals surface area (Å²) in [7, 11) is 0. The third-order valence-electron chi connectivity index (χ3n) is 3.58. The number of carbonyl (C=O) groups excluding carboxylic acids is 2. The Morgan fingerprint density at radius 3 is 2.55 bits per heavy atom. The van der Waals surface area contributed by atoms with Crippen LogP contribution in [0.5, 0.6) is 5.75 Å². The first kappa shape index (κ1) is 16.3. The molecule has 120 valence electrons. The molecule has 0 unspecified atom stereocenters. The molecule has 0 aliphatic carbocycles.